The molecule has 0 spiro atoms. The van der Waals surface area contributed by atoms with Crippen molar-refractivity contribution in [1.82, 2.24) is 20.2 Å². The molecule has 1 N–H and O–H groups in total. The number of carbonyl (C=O) groups excluding carboxylic acids is 1. The predicted octanol–water partition coefficient (Wildman–Crippen LogP) is 4.56. The summed E-state index contributed by atoms with van der Waals surface area (Å²) in [4.78, 5) is 21.0. The maximum absolute atomic E-state index is 12.1. The number of amides is 1. The number of benzene rings is 2. The summed E-state index contributed by atoms with van der Waals surface area (Å²) in [5.41, 5.74) is 4.78. The van der Waals surface area contributed by atoms with Crippen LogP contribution in [0.3, 0.4) is 0 Å². The summed E-state index contributed by atoms with van der Waals surface area (Å²) < 4.78 is 0. The second kappa shape index (κ2) is 6.96. The first kappa shape index (κ1) is 17.3. The Labute approximate surface area is 169 Å². The normalized spacial score (nSPS) is 11.6. The fraction of sp³-hybridized carbons (Fsp3) is 0.150. The van der Waals surface area contributed by atoms with Gasteiger partial charge in [0.25, 0.3) is 0 Å². The summed E-state index contributed by atoms with van der Waals surface area (Å²) in [5.74, 6) is 0.515. The van der Waals surface area contributed by atoms with E-state index in [1.54, 1.807) is 0 Å². The number of nitrogens with one attached hydrogen (secondary N) is 1. The smallest absolute Gasteiger partial charge is 0.226 e. The van der Waals surface area contributed by atoms with Crippen LogP contribution in [0.15, 0.2) is 46.9 Å². The van der Waals surface area contributed by atoms with Gasteiger partial charge in [-0.3, -0.25) is 4.79 Å². The van der Waals surface area contributed by atoms with Crippen molar-refractivity contribution < 1.29 is 4.79 Å². The van der Waals surface area contributed by atoms with Gasteiger partial charge in [0.15, 0.2) is 5.13 Å². The van der Waals surface area contributed by atoms with Crippen LogP contribution in [0.4, 0.5) is 5.13 Å². The summed E-state index contributed by atoms with van der Waals surface area (Å²) >= 11 is 2.86. The van der Waals surface area contributed by atoms with Gasteiger partial charge in [0.2, 0.25) is 11.1 Å². The zero-order valence-corrected chi connectivity index (χ0v) is 16.6. The summed E-state index contributed by atoms with van der Waals surface area (Å²) in [7, 11) is 0. The Bertz CT molecular complexity index is 1220. The van der Waals surface area contributed by atoms with E-state index >= 15 is 0 Å². The highest BCUT2D eigenvalue weighted by Crippen LogP contribution is 2.44. The standard InChI is InChI=1S/C20H15N5OS2/c1-11-10-28-19(21-11)22-15(26)8-9-27-20-23-17-13-6-2-4-12-5-3-7-14(16(12)13)18(17)24-25-20/h2-7,10H,8-9H2,1H3,(H,21,22,26). The summed E-state index contributed by atoms with van der Waals surface area (Å²) in [6.45, 7) is 1.90. The predicted molar refractivity (Wildman–Crippen MR) is 113 cm³/mol. The first-order valence-electron chi connectivity index (χ1n) is 8.81. The molecule has 138 valence electrons. The van der Waals surface area contributed by atoms with Crippen LogP contribution in [0, 0.1) is 6.92 Å². The molecule has 1 aliphatic rings. The summed E-state index contributed by atoms with van der Waals surface area (Å²) in [6.07, 6.45) is 0.361. The number of aryl methyl sites for hydroxylation is 1. The van der Waals surface area contributed by atoms with Crippen LogP contribution in [0.2, 0.25) is 0 Å². The molecule has 0 radical (unpaired) electrons. The number of hydrogen-bond acceptors (Lipinski definition) is 7. The molecule has 2 aromatic heterocycles. The van der Waals surface area contributed by atoms with E-state index < -0.39 is 0 Å². The monoisotopic (exact) mass is 405 g/mol. The van der Waals surface area contributed by atoms with Gasteiger partial charge in [-0.05, 0) is 12.3 Å². The minimum absolute atomic E-state index is 0.0619. The van der Waals surface area contributed by atoms with E-state index in [4.69, 9.17) is 4.98 Å². The maximum atomic E-state index is 12.1. The fourth-order valence-corrected chi connectivity index (χ4v) is 4.73. The Balaban J connectivity index is 1.30. The van der Waals surface area contributed by atoms with Gasteiger partial charge in [-0.2, -0.15) is 0 Å². The molecule has 0 aliphatic heterocycles. The van der Waals surface area contributed by atoms with Gasteiger partial charge in [-0.15, -0.1) is 21.5 Å². The largest absolute Gasteiger partial charge is 0.302 e. The van der Waals surface area contributed by atoms with Gasteiger partial charge < -0.3 is 5.32 Å². The second-order valence-electron chi connectivity index (χ2n) is 6.44. The molecule has 0 unspecified atom stereocenters. The number of thiazole rings is 1. The average Bonchev–Trinajstić information content (AvgIpc) is 3.25. The zero-order valence-electron chi connectivity index (χ0n) is 15.0. The molecule has 28 heavy (non-hydrogen) atoms. The molecule has 1 aliphatic carbocycles. The van der Waals surface area contributed by atoms with Crippen molar-refractivity contribution in [2.45, 2.75) is 18.5 Å². The molecule has 2 heterocycles. The van der Waals surface area contributed by atoms with Crippen LogP contribution in [-0.2, 0) is 4.79 Å². The first-order valence-corrected chi connectivity index (χ1v) is 10.7. The number of anilines is 1. The Morgan fingerprint density at radius 1 is 1.07 bits per heavy atom. The lowest BCUT2D eigenvalue weighted by atomic mass is 10.0. The summed E-state index contributed by atoms with van der Waals surface area (Å²) in [6, 6.07) is 12.4. The van der Waals surface area contributed by atoms with Gasteiger partial charge in [-0.1, -0.05) is 48.2 Å². The van der Waals surface area contributed by atoms with Crippen molar-refractivity contribution in [1.29, 1.82) is 0 Å². The zero-order chi connectivity index (χ0) is 19.1. The third-order valence-electron chi connectivity index (χ3n) is 4.51. The molecule has 1 amide bonds. The Morgan fingerprint density at radius 2 is 1.86 bits per heavy atom. The highest BCUT2D eigenvalue weighted by atomic mass is 32.2. The van der Waals surface area contributed by atoms with Crippen LogP contribution in [0.5, 0.6) is 0 Å². The molecule has 0 bridgehead atoms. The SMILES string of the molecule is Cc1csc(NC(=O)CCSc2nnc3c(n2)-c2cccc4cccc-3c24)n1. The topological polar surface area (TPSA) is 80.7 Å². The molecule has 4 aromatic rings. The lowest BCUT2D eigenvalue weighted by molar-refractivity contribution is -0.115. The van der Waals surface area contributed by atoms with Crippen molar-refractivity contribution in [2.75, 3.05) is 11.1 Å². The average molecular weight is 406 g/mol. The molecule has 0 fully saturated rings. The van der Waals surface area contributed by atoms with Crippen molar-refractivity contribution in [3.05, 3.63) is 47.5 Å². The van der Waals surface area contributed by atoms with Crippen molar-refractivity contribution in [3.63, 3.8) is 0 Å². The molecule has 8 heteroatoms. The molecular formula is C20H15N5OS2. The van der Waals surface area contributed by atoms with Crippen LogP contribution < -0.4 is 5.32 Å². The molecule has 5 rings (SSSR count). The van der Waals surface area contributed by atoms with E-state index in [0.717, 1.165) is 28.2 Å². The van der Waals surface area contributed by atoms with Gasteiger partial charge in [0.05, 0.1) is 5.69 Å². The van der Waals surface area contributed by atoms with E-state index in [9.17, 15) is 4.79 Å². The first-order chi connectivity index (χ1) is 13.7. The number of carbonyl (C=O) groups is 1. The van der Waals surface area contributed by atoms with E-state index in [-0.39, 0.29) is 5.91 Å². The quantitative estimate of drug-likeness (QED) is 0.432. The second-order valence-corrected chi connectivity index (χ2v) is 8.36. The van der Waals surface area contributed by atoms with Crippen LogP contribution in [-0.4, -0.2) is 31.8 Å². The van der Waals surface area contributed by atoms with E-state index in [1.165, 1.54) is 33.9 Å². The van der Waals surface area contributed by atoms with E-state index in [0.29, 0.717) is 22.5 Å². The minimum atomic E-state index is -0.0619. The molecule has 0 atom stereocenters. The third kappa shape index (κ3) is 3.04. The fourth-order valence-electron chi connectivity index (χ4n) is 3.31. The molecule has 6 nitrogen and oxygen atoms in total. The molecule has 2 aromatic carbocycles. The van der Waals surface area contributed by atoms with Gasteiger partial charge in [-0.25, -0.2) is 9.97 Å². The highest BCUT2D eigenvalue weighted by molar-refractivity contribution is 7.99. The third-order valence-corrected chi connectivity index (χ3v) is 6.22. The number of nitrogens with zero attached hydrogens (tertiary/aromatic N) is 4. The highest BCUT2D eigenvalue weighted by Gasteiger charge is 2.24. The number of fused-ring (bicyclic) bond motifs is 3. The Hall–Kier alpha value is -2.84. The van der Waals surface area contributed by atoms with E-state index in [2.05, 4.69) is 44.8 Å². The molecule has 0 saturated heterocycles. The van der Waals surface area contributed by atoms with Gasteiger partial charge in [0.1, 0.15) is 11.4 Å². The Morgan fingerprint density at radius 3 is 2.61 bits per heavy atom. The molecular weight excluding hydrogens is 390 g/mol. The van der Waals surface area contributed by atoms with Gasteiger partial charge >= 0.3 is 0 Å². The van der Waals surface area contributed by atoms with E-state index in [1.807, 2.05) is 24.4 Å². The van der Waals surface area contributed by atoms with Crippen LogP contribution in [0.25, 0.3) is 33.3 Å². The van der Waals surface area contributed by atoms with Crippen molar-refractivity contribution in [2.24, 2.45) is 0 Å². The number of aromatic nitrogens is 4. The Kier molecular flexibility index (Phi) is 4.29. The van der Waals surface area contributed by atoms with Crippen LogP contribution in [0.1, 0.15) is 12.1 Å². The number of thioether (sulfide) groups is 1. The summed E-state index contributed by atoms with van der Waals surface area (Å²) in [5, 5.41) is 17.0. The van der Waals surface area contributed by atoms with Crippen molar-refractivity contribution in [3.8, 4) is 22.5 Å². The molecule has 0 saturated carbocycles. The lowest BCUT2D eigenvalue weighted by Gasteiger charge is -2.03. The lowest BCUT2D eigenvalue weighted by Crippen LogP contribution is -2.12. The van der Waals surface area contributed by atoms with Crippen molar-refractivity contribution >= 4 is 44.9 Å². The maximum Gasteiger partial charge on any atom is 0.226 e. The number of rotatable bonds is 5. The van der Waals surface area contributed by atoms with Gasteiger partial charge in [0, 0.05) is 34.1 Å². The van der Waals surface area contributed by atoms with Crippen LogP contribution >= 0.6 is 23.1 Å². The minimum Gasteiger partial charge on any atom is -0.302 e. The number of hydrogen-bond donors (Lipinski definition) is 1.